The summed E-state index contributed by atoms with van der Waals surface area (Å²) < 4.78 is 29.9. The standard InChI is InChI=1S/C24H27NO4.C11H12O3.C11H14O3.C7H6O.C4H7ClO2/c1-2-28-23(26)21(14-16-8-4-3-5-9-16)29-24(27)25-22-19-12-6-10-17(19)15-18-11-7-13-20(18)22;1-2-13-11(12)10-9(14-10)8-6-4-3-5-7-8;1-2-14-11(13)10(12)8-9-6-4-3-5-7-9;8-6-7-4-2-1-3-5-7;1-2-7-4(6)3-5/h3-5,8-9,15,21H,2,6-7,10-14H2,1H3,(H,25,27);3-7,9-10H,2H2,1H3;3-7,10,12H,2,8H2,1H3;1-6H;2-3H2,1H3. The Bertz CT molecular complexity index is 2390. The smallest absolute Gasteiger partial charge is 0.412 e. The van der Waals surface area contributed by atoms with E-state index in [-0.39, 0.29) is 37.0 Å². The first kappa shape index (κ1) is 57.7. The number of hydrogen-bond acceptors (Lipinski definition) is 13. The molecule has 15 heteroatoms. The minimum absolute atomic E-state index is 0.0478. The van der Waals surface area contributed by atoms with Crippen LogP contribution in [0.1, 0.15) is 95.9 Å². The molecule has 72 heavy (non-hydrogen) atoms. The molecule has 14 nitrogen and oxygen atoms in total. The van der Waals surface area contributed by atoms with Gasteiger partial charge in [-0.3, -0.25) is 14.9 Å². The van der Waals surface area contributed by atoms with E-state index in [2.05, 4.69) is 20.9 Å². The van der Waals surface area contributed by atoms with Crippen molar-refractivity contribution < 1.29 is 62.3 Å². The van der Waals surface area contributed by atoms with Crippen molar-refractivity contribution in [2.45, 2.75) is 103 Å². The van der Waals surface area contributed by atoms with Gasteiger partial charge in [0.15, 0.2) is 12.2 Å². The summed E-state index contributed by atoms with van der Waals surface area (Å²) >= 11 is 5.06. The van der Waals surface area contributed by atoms with E-state index in [0.717, 1.165) is 72.8 Å². The molecule has 0 aromatic heterocycles. The summed E-state index contributed by atoms with van der Waals surface area (Å²) in [6.07, 6.45) is 4.62. The highest BCUT2D eigenvalue weighted by atomic mass is 35.5. The second kappa shape index (κ2) is 32.2. The second-order valence-corrected chi connectivity index (χ2v) is 16.5. The number of aliphatic hydroxyl groups excluding tert-OH is 1. The highest BCUT2D eigenvalue weighted by Crippen LogP contribution is 2.40. The van der Waals surface area contributed by atoms with E-state index in [1.165, 1.54) is 22.3 Å². The van der Waals surface area contributed by atoms with Crippen molar-refractivity contribution in [3.8, 4) is 0 Å². The molecule has 1 saturated heterocycles. The van der Waals surface area contributed by atoms with Crippen LogP contribution in [0.3, 0.4) is 0 Å². The van der Waals surface area contributed by atoms with Crippen LogP contribution >= 0.6 is 11.6 Å². The molecule has 2 aliphatic carbocycles. The first-order valence-electron chi connectivity index (χ1n) is 24.3. The highest BCUT2D eigenvalue weighted by molar-refractivity contribution is 6.26. The number of epoxide rings is 1. The summed E-state index contributed by atoms with van der Waals surface area (Å²) in [5.41, 5.74) is 9.67. The van der Waals surface area contributed by atoms with Gasteiger partial charge < -0.3 is 33.5 Å². The lowest BCUT2D eigenvalue weighted by atomic mass is 9.99. The second-order valence-electron chi connectivity index (χ2n) is 16.3. The summed E-state index contributed by atoms with van der Waals surface area (Å²) in [5, 5.41) is 12.4. The normalized spacial score (nSPS) is 15.0. The molecule has 0 bridgehead atoms. The maximum atomic E-state index is 12.8. The van der Waals surface area contributed by atoms with E-state index in [9.17, 15) is 33.9 Å². The van der Waals surface area contributed by atoms with Crippen molar-refractivity contribution >= 4 is 53.5 Å². The maximum absolute atomic E-state index is 12.8. The number of aldehydes is 1. The van der Waals surface area contributed by atoms with Crippen LogP contribution in [0.4, 0.5) is 10.5 Å². The minimum atomic E-state index is -1.06. The topological polar surface area (TPSA) is 193 Å². The third-order valence-corrected chi connectivity index (χ3v) is 11.3. The van der Waals surface area contributed by atoms with E-state index >= 15 is 0 Å². The van der Waals surface area contributed by atoms with Crippen molar-refractivity contribution in [2.24, 2.45) is 0 Å². The van der Waals surface area contributed by atoms with Crippen molar-refractivity contribution in [3.63, 3.8) is 0 Å². The zero-order valence-corrected chi connectivity index (χ0v) is 42.2. The molecule has 0 radical (unpaired) electrons. The Balaban J connectivity index is 0.000000219. The van der Waals surface area contributed by atoms with Crippen molar-refractivity contribution in [2.75, 3.05) is 37.6 Å². The lowest BCUT2D eigenvalue weighted by Gasteiger charge is -2.19. The van der Waals surface area contributed by atoms with Gasteiger partial charge in [-0.2, -0.15) is 0 Å². The number of ether oxygens (including phenoxy) is 6. The number of halogens is 1. The lowest BCUT2D eigenvalue weighted by Crippen LogP contribution is -2.33. The van der Waals surface area contributed by atoms with Crippen LogP contribution in [0, 0.1) is 0 Å². The third-order valence-electron chi connectivity index (χ3n) is 11.1. The van der Waals surface area contributed by atoms with Crippen LogP contribution in [-0.4, -0.2) is 92.0 Å². The summed E-state index contributed by atoms with van der Waals surface area (Å²) in [7, 11) is 0. The van der Waals surface area contributed by atoms with Gasteiger partial charge >= 0.3 is 30.0 Å². The molecule has 4 unspecified atom stereocenters. The van der Waals surface area contributed by atoms with Crippen molar-refractivity contribution in [1.29, 1.82) is 0 Å². The number of rotatable bonds is 16. The Kier molecular flexibility index (Phi) is 25.8. The Morgan fingerprint density at radius 3 is 1.61 bits per heavy atom. The molecule has 4 atom stereocenters. The fourth-order valence-corrected chi connectivity index (χ4v) is 7.84. The van der Waals surface area contributed by atoms with Crippen LogP contribution in [0.25, 0.3) is 0 Å². The monoisotopic (exact) mass is 1010 g/mol. The Hall–Kier alpha value is -6.87. The number of benzene rings is 5. The number of aliphatic hydroxyl groups is 1. The van der Waals surface area contributed by atoms with Crippen LogP contribution in [0.15, 0.2) is 127 Å². The summed E-state index contributed by atoms with van der Waals surface area (Å²) in [5.74, 6) is -1.75. The number of alkyl halides is 1. The van der Waals surface area contributed by atoms with Crippen molar-refractivity contribution in [1.82, 2.24) is 0 Å². The highest BCUT2D eigenvalue weighted by Gasteiger charge is 2.47. The zero-order valence-electron chi connectivity index (χ0n) is 41.4. The maximum Gasteiger partial charge on any atom is 0.412 e. The minimum Gasteiger partial charge on any atom is -0.465 e. The number of aryl methyl sites for hydroxylation is 2. The molecule has 8 rings (SSSR count). The Labute approximate surface area is 427 Å². The molecule has 2 N–H and O–H groups in total. The van der Waals surface area contributed by atoms with Crippen LogP contribution in [0.2, 0.25) is 0 Å². The fourth-order valence-electron chi connectivity index (χ4n) is 7.77. The molecule has 5 aromatic rings. The van der Waals surface area contributed by atoms with Gasteiger partial charge in [0.1, 0.15) is 18.3 Å². The number of carbonyl (C=O) groups is 6. The van der Waals surface area contributed by atoms with E-state index in [1.807, 2.05) is 109 Å². The van der Waals surface area contributed by atoms with E-state index < -0.39 is 36.3 Å². The van der Waals surface area contributed by atoms with Gasteiger partial charge in [-0.1, -0.05) is 127 Å². The predicted octanol–water partition coefficient (Wildman–Crippen LogP) is 9.52. The number of amides is 1. The van der Waals surface area contributed by atoms with E-state index in [4.69, 9.17) is 30.5 Å². The third kappa shape index (κ3) is 19.7. The number of esters is 4. The molecule has 1 amide bonds. The van der Waals surface area contributed by atoms with Crippen LogP contribution in [0.5, 0.6) is 0 Å². The Morgan fingerprint density at radius 1 is 0.653 bits per heavy atom. The molecule has 3 aliphatic rings. The number of carbonyl (C=O) groups excluding carboxylic acids is 6. The summed E-state index contributed by atoms with van der Waals surface area (Å²) in [6.45, 7) is 8.34. The van der Waals surface area contributed by atoms with Gasteiger partial charge in [0, 0.05) is 18.4 Å². The molecule has 5 aromatic carbocycles. The average molecular weight is 1010 g/mol. The van der Waals surface area contributed by atoms with Gasteiger partial charge in [-0.25, -0.2) is 19.2 Å². The number of nitrogens with one attached hydrogen (secondary N) is 1. The van der Waals surface area contributed by atoms with Gasteiger partial charge in [0.25, 0.3) is 0 Å². The van der Waals surface area contributed by atoms with Crippen LogP contribution < -0.4 is 5.32 Å². The predicted molar refractivity (Wildman–Crippen MR) is 274 cm³/mol. The first-order valence-corrected chi connectivity index (χ1v) is 24.8. The van der Waals surface area contributed by atoms with Gasteiger partial charge in [0.05, 0.1) is 32.1 Å². The first-order chi connectivity index (χ1) is 35.0. The molecular weight excluding hydrogens is 942 g/mol. The van der Waals surface area contributed by atoms with Gasteiger partial charge in [0.2, 0.25) is 6.10 Å². The molecule has 1 aliphatic heterocycles. The molecule has 384 valence electrons. The largest absolute Gasteiger partial charge is 0.465 e. The van der Waals surface area contributed by atoms with Gasteiger partial charge in [-0.15, -0.1) is 11.6 Å². The quantitative estimate of drug-likeness (QED) is 0.0312. The molecular formula is C57H66ClNO13. The SMILES string of the molecule is CCOC(=O)C(Cc1ccccc1)OC(=O)Nc1c2c(cc3c1CCC3)CCC2.CCOC(=O)C(O)Cc1ccccc1.CCOC(=O)C1OC1c1ccccc1.CCOC(=O)CCl.O=Cc1ccccc1. The van der Waals surface area contributed by atoms with Gasteiger partial charge in [-0.05, 0) is 105 Å². The molecule has 1 heterocycles. The Morgan fingerprint density at radius 2 is 1.14 bits per heavy atom. The number of fused-ring (bicyclic) bond motifs is 2. The van der Waals surface area contributed by atoms with Crippen LogP contribution in [-0.2, 0) is 86.1 Å². The molecule has 1 fully saturated rings. The number of hydrogen-bond donors (Lipinski definition) is 2. The number of anilines is 1. The lowest BCUT2D eigenvalue weighted by molar-refractivity contribution is -0.153. The molecule has 0 saturated carbocycles. The van der Waals surface area contributed by atoms with Crippen molar-refractivity contribution in [3.05, 3.63) is 172 Å². The van der Waals surface area contributed by atoms with E-state index in [0.29, 0.717) is 26.2 Å². The van der Waals surface area contributed by atoms with E-state index in [1.54, 1.807) is 39.8 Å². The fraction of sp³-hybridized carbons (Fsp3) is 0.368. The summed E-state index contributed by atoms with van der Waals surface area (Å²) in [4.78, 5) is 67.5. The molecule has 0 spiro atoms. The average Bonchev–Trinajstić information content (AvgIpc) is 3.83. The summed E-state index contributed by atoms with van der Waals surface area (Å²) in [6, 6.07) is 40.0. The zero-order chi connectivity index (χ0) is 52.1.